The second-order valence-corrected chi connectivity index (χ2v) is 5.98. The Bertz CT molecular complexity index is 674. The summed E-state index contributed by atoms with van der Waals surface area (Å²) < 4.78 is 14.0. The second kappa shape index (κ2) is 4.86. The minimum absolute atomic E-state index is 0.0436. The van der Waals surface area contributed by atoms with Crippen molar-refractivity contribution in [3.63, 3.8) is 0 Å². The number of nitrogens with zero attached hydrogens (tertiary/aromatic N) is 1. The van der Waals surface area contributed by atoms with E-state index >= 15 is 0 Å². The number of nitrogen functional groups attached to an aromatic ring is 1. The molecular formula is C14H14FN3OS. The van der Waals surface area contributed by atoms with Crippen molar-refractivity contribution in [3.8, 4) is 0 Å². The van der Waals surface area contributed by atoms with Crippen LogP contribution in [0.25, 0.3) is 0 Å². The van der Waals surface area contributed by atoms with Gasteiger partial charge in [-0.15, -0.1) is 11.3 Å². The molecule has 1 heterocycles. The predicted octanol–water partition coefficient (Wildman–Crippen LogP) is 2.91. The van der Waals surface area contributed by atoms with E-state index in [0.717, 1.165) is 25.0 Å². The Balaban J connectivity index is 1.86. The molecule has 0 spiro atoms. The molecule has 0 atom stereocenters. The lowest BCUT2D eigenvalue weighted by Crippen LogP contribution is -2.15. The molecule has 1 amide bonds. The van der Waals surface area contributed by atoms with Gasteiger partial charge in [0.05, 0.1) is 11.3 Å². The Kier molecular flexibility index (Phi) is 3.17. The van der Waals surface area contributed by atoms with Crippen molar-refractivity contribution in [1.82, 2.24) is 4.98 Å². The normalized spacial score (nSPS) is 13.3. The molecule has 0 fully saturated rings. The number of anilines is 2. The van der Waals surface area contributed by atoms with Gasteiger partial charge in [0, 0.05) is 10.6 Å². The Morgan fingerprint density at radius 3 is 3.00 bits per heavy atom. The number of carbonyl (C=O) groups excluding carboxylic acids is 1. The van der Waals surface area contributed by atoms with Gasteiger partial charge >= 0.3 is 0 Å². The molecule has 104 valence electrons. The van der Waals surface area contributed by atoms with Gasteiger partial charge in [0.2, 0.25) is 0 Å². The van der Waals surface area contributed by atoms with Crippen molar-refractivity contribution in [2.75, 3.05) is 11.1 Å². The van der Waals surface area contributed by atoms with Gasteiger partial charge in [-0.1, -0.05) is 0 Å². The molecule has 3 rings (SSSR count). The van der Waals surface area contributed by atoms with E-state index in [9.17, 15) is 9.18 Å². The van der Waals surface area contributed by atoms with Crippen LogP contribution in [-0.2, 0) is 12.8 Å². The summed E-state index contributed by atoms with van der Waals surface area (Å²) in [6.45, 7) is 1.58. The summed E-state index contributed by atoms with van der Waals surface area (Å²) in [5.41, 5.74) is 7.39. The zero-order valence-corrected chi connectivity index (χ0v) is 11.8. The molecule has 4 nitrogen and oxygen atoms in total. The molecule has 0 radical (unpaired) electrons. The van der Waals surface area contributed by atoms with Crippen LogP contribution in [0.4, 0.5) is 15.2 Å². The van der Waals surface area contributed by atoms with Crippen molar-refractivity contribution < 1.29 is 9.18 Å². The van der Waals surface area contributed by atoms with Crippen LogP contribution in [0.3, 0.4) is 0 Å². The zero-order chi connectivity index (χ0) is 14.3. The number of nitrogens with two attached hydrogens (primary N) is 1. The summed E-state index contributed by atoms with van der Waals surface area (Å²) >= 11 is 1.46. The van der Waals surface area contributed by atoms with E-state index in [0.29, 0.717) is 16.4 Å². The summed E-state index contributed by atoms with van der Waals surface area (Å²) in [4.78, 5) is 17.7. The minimum Gasteiger partial charge on any atom is -0.399 e. The van der Waals surface area contributed by atoms with E-state index in [2.05, 4.69) is 10.3 Å². The van der Waals surface area contributed by atoms with Crippen molar-refractivity contribution in [1.29, 1.82) is 0 Å². The van der Waals surface area contributed by atoms with Crippen LogP contribution in [0.1, 0.15) is 32.9 Å². The lowest BCUT2D eigenvalue weighted by atomic mass is 10.1. The van der Waals surface area contributed by atoms with Gasteiger partial charge in [0.15, 0.2) is 5.13 Å². The molecule has 2 aromatic rings. The standard InChI is InChI=1S/C14H14FN3OS/c1-7-5-8(16)6-9(12(7)15)13(19)18-14-17-10-3-2-4-11(10)20-14/h5-6H,2-4,16H2,1H3,(H,17,18,19). The molecule has 0 bridgehead atoms. The number of halogens is 1. The Labute approximate surface area is 119 Å². The third-order valence-corrected chi connectivity index (χ3v) is 4.41. The fourth-order valence-electron chi connectivity index (χ4n) is 2.37. The number of fused-ring (bicyclic) bond motifs is 1. The first kappa shape index (κ1) is 13.1. The van der Waals surface area contributed by atoms with E-state index in [4.69, 9.17) is 5.73 Å². The number of amides is 1. The molecule has 0 unspecified atom stereocenters. The number of aromatic nitrogens is 1. The SMILES string of the molecule is Cc1cc(N)cc(C(=O)Nc2nc3c(s2)CCC3)c1F. The molecule has 1 aliphatic carbocycles. The summed E-state index contributed by atoms with van der Waals surface area (Å²) in [6, 6.07) is 2.85. The van der Waals surface area contributed by atoms with E-state index in [-0.39, 0.29) is 5.56 Å². The molecule has 1 aromatic carbocycles. The highest BCUT2D eigenvalue weighted by atomic mass is 32.1. The summed E-state index contributed by atoms with van der Waals surface area (Å²) in [5, 5.41) is 3.18. The average Bonchev–Trinajstić information content (AvgIpc) is 2.94. The Hall–Kier alpha value is -1.95. The van der Waals surface area contributed by atoms with Gasteiger partial charge in [-0.25, -0.2) is 9.37 Å². The maximum Gasteiger partial charge on any atom is 0.260 e. The molecule has 6 heteroatoms. The molecule has 3 N–H and O–H groups in total. The molecular weight excluding hydrogens is 277 g/mol. The average molecular weight is 291 g/mol. The van der Waals surface area contributed by atoms with Gasteiger partial charge in [0.1, 0.15) is 5.82 Å². The topological polar surface area (TPSA) is 68.0 Å². The van der Waals surface area contributed by atoms with Crippen molar-refractivity contribution >= 4 is 28.1 Å². The molecule has 20 heavy (non-hydrogen) atoms. The monoisotopic (exact) mass is 291 g/mol. The number of nitrogens with one attached hydrogen (secondary N) is 1. The van der Waals surface area contributed by atoms with Gasteiger partial charge < -0.3 is 5.73 Å². The Morgan fingerprint density at radius 2 is 2.25 bits per heavy atom. The van der Waals surface area contributed by atoms with Gasteiger partial charge in [-0.3, -0.25) is 10.1 Å². The maximum absolute atomic E-state index is 14.0. The van der Waals surface area contributed by atoms with Gasteiger partial charge in [-0.05, 0) is 43.9 Å². The predicted molar refractivity (Wildman–Crippen MR) is 77.6 cm³/mol. The highest BCUT2D eigenvalue weighted by Crippen LogP contribution is 2.30. The van der Waals surface area contributed by atoms with Gasteiger partial charge in [0.25, 0.3) is 5.91 Å². The smallest absolute Gasteiger partial charge is 0.260 e. The van der Waals surface area contributed by atoms with Crippen molar-refractivity contribution in [2.45, 2.75) is 26.2 Å². The zero-order valence-electron chi connectivity index (χ0n) is 11.0. The number of benzene rings is 1. The summed E-state index contributed by atoms with van der Waals surface area (Å²) in [7, 11) is 0. The van der Waals surface area contributed by atoms with Gasteiger partial charge in [-0.2, -0.15) is 0 Å². The highest BCUT2D eigenvalue weighted by molar-refractivity contribution is 7.16. The second-order valence-electron chi connectivity index (χ2n) is 4.90. The van der Waals surface area contributed by atoms with Crippen LogP contribution >= 0.6 is 11.3 Å². The molecule has 0 saturated carbocycles. The number of hydrogen-bond acceptors (Lipinski definition) is 4. The fraction of sp³-hybridized carbons (Fsp3) is 0.286. The van der Waals surface area contributed by atoms with Crippen molar-refractivity contribution in [2.24, 2.45) is 0 Å². The number of carbonyl (C=O) groups is 1. The maximum atomic E-state index is 14.0. The first-order chi connectivity index (χ1) is 9.54. The first-order valence-electron chi connectivity index (χ1n) is 6.40. The third-order valence-electron chi connectivity index (χ3n) is 3.34. The first-order valence-corrected chi connectivity index (χ1v) is 7.22. The van der Waals surface area contributed by atoms with Crippen LogP contribution in [0.5, 0.6) is 0 Å². The van der Waals surface area contributed by atoms with Crippen molar-refractivity contribution in [3.05, 3.63) is 39.6 Å². The Morgan fingerprint density at radius 1 is 1.45 bits per heavy atom. The number of aryl methyl sites for hydroxylation is 3. The van der Waals surface area contributed by atoms with E-state index in [1.165, 1.54) is 28.3 Å². The number of hydrogen-bond donors (Lipinski definition) is 2. The fourth-order valence-corrected chi connectivity index (χ4v) is 3.42. The summed E-state index contributed by atoms with van der Waals surface area (Å²) in [6.07, 6.45) is 3.08. The highest BCUT2D eigenvalue weighted by Gasteiger charge is 2.20. The molecule has 0 saturated heterocycles. The lowest BCUT2D eigenvalue weighted by molar-refractivity contribution is 0.102. The molecule has 0 aliphatic heterocycles. The van der Waals surface area contributed by atoms with E-state index in [1.807, 2.05) is 0 Å². The van der Waals surface area contributed by atoms with Crippen LogP contribution in [0.15, 0.2) is 12.1 Å². The molecule has 1 aromatic heterocycles. The summed E-state index contributed by atoms with van der Waals surface area (Å²) in [5.74, 6) is -1.05. The van der Waals surface area contributed by atoms with Crippen LogP contribution < -0.4 is 11.1 Å². The van der Waals surface area contributed by atoms with E-state index < -0.39 is 11.7 Å². The largest absolute Gasteiger partial charge is 0.399 e. The van der Waals surface area contributed by atoms with E-state index in [1.54, 1.807) is 6.92 Å². The molecule has 1 aliphatic rings. The van der Waals surface area contributed by atoms with Crippen LogP contribution in [0, 0.1) is 12.7 Å². The van der Waals surface area contributed by atoms with Crippen LogP contribution in [0.2, 0.25) is 0 Å². The number of thiazole rings is 1. The lowest BCUT2D eigenvalue weighted by Gasteiger charge is -2.07. The quantitative estimate of drug-likeness (QED) is 0.836. The number of rotatable bonds is 2. The van der Waals surface area contributed by atoms with Crippen LogP contribution in [-0.4, -0.2) is 10.9 Å². The minimum atomic E-state index is -0.541. The third kappa shape index (κ3) is 2.27.